The molecule has 0 aliphatic carbocycles. The monoisotopic (exact) mass is 221 g/mol. The first-order valence-corrected chi connectivity index (χ1v) is 5.07. The van der Waals surface area contributed by atoms with Crippen molar-refractivity contribution in [3.63, 3.8) is 0 Å². The molecule has 86 valence electrons. The van der Waals surface area contributed by atoms with Crippen molar-refractivity contribution in [2.75, 3.05) is 6.61 Å². The number of aryl methyl sites for hydroxylation is 1. The lowest BCUT2D eigenvalue weighted by Gasteiger charge is -2.19. The van der Waals surface area contributed by atoms with Crippen LogP contribution in [0.4, 0.5) is 0 Å². The largest absolute Gasteiger partial charge is 0.396 e. The van der Waals surface area contributed by atoms with Gasteiger partial charge in [0, 0.05) is 6.61 Å². The third-order valence-electron chi connectivity index (χ3n) is 2.51. The van der Waals surface area contributed by atoms with Crippen molar-refractivity contribution < 1.29 is 15.3 Å². The number of nitrogens with zero attached hydrogens (tertiary/aromatic N) is 1. The van der Waals surface area contributed by atoms with Crippen LogP contribution < -0.4 is 0 Å². The molecule has 0 aliphatic heterocycles. The van der Waals surface area contributed by atoms with Gasteiger partial charge in [-0.3, -0.25) is 0 Å². The fraction of sp³-hybridized carbons (Fsp3) is 0.417. The van der Waals surface area contributed by atoms with Crippen molar-refractivity contribution in [1.29, 1.82) is 5.26 Å². The van der Waals surface area contributed by atoms with E-state index in [4.69, 9.17) is 10.4 Å². The summed E-state index contributed by atoms with van der Waals surface area (Å²) >= 11 is 0. The van der Waals surface area contributed by atoms with Crippen LogP contribution in [0.25, 0.3) is 0 Å². The molecule has 2 atom stereocenters. The molecule has 1 aromatic carbocycles. The molecule has 4 heteroatoms. The van der Waals surface area contributed by atoms with Crippen molar-refractivity contribution in [1.82, 2.24) is 0 Å². The van der Waals surface area contributed by atoms with E-state index < -0.39 is 12.2 Å². The van der Waals surface area contributed by atoms with Crippen LogP contribution in [0.2, 0.25) is 0 Å². The quantitative estimate of drug-likeness (QED) is 0.696. The van der Waals surface area contributed by atoms with E-state index in [1.807, 2.05) is 6.07 Å². The molecule has 1 aromatic rings. The molecule has 2 unspecified atom stereocenters. The number of nitriles is 1. The van der Waals surface area contributed by atoms with Crippen LogP contribution in [0.5, 0.6) is 0 Å². The molecule has 4 nitrogen and oxygen atoms in total. The van der Waals surface area contributed by atoms with Crippen molar-refractivity contribution in [3.05, 3.63) is 34.9 Å². The van der Waals surface area contributed by atoms with Gasteiger partial charge in [0.1, 0.15) is 6.10 Å². The standard InChI is InChI=1S/C12H15NO3/c1-8-6-9(7-13)2-3-10(8)12(16)11(15)4-5-14/h2-3,6,11-12,14-16H,4-5H2,1H3. The van der Waals surface area contributed by atoms with Crippen LogP contribution in [0, 0.1) is 18.3 Å². The Morgan fingerprint density at radius 1 is 1.38 bits per heavy atom. The summed E-state index contributed by atoms with van der Waals surface area (Å²) in [6.07, 6.45) is -1.89. The topological polar surface area (TPSA) is 84.5 Å². The third-order valence-corrected chi connectivity index (χ3v) is 2.51. The Morgan fingerprint density at radius 3 is 2.56 bits per heavy atom. The fourth-order valence-electron chi connectivity index (χ4n) is 1.57. The summed E-state index contributed by atoms with van der Waals surface area (Å²) < 4.78 is 0. The van der Waals surface area contributed by atoms with E-state index in [9.17, 15) is 10.2 Å². The summed E-state index contributed by atoms with van der Waals surface area (Å²) in [4.78, 5) is 0. The zero-order valence-corrected chi connectivity index (χ0v) is 9.09. The van der Waals surface area contributed by atoms with E-state index in [0.717, 1.165) is 5.56 Å². The highest BCUT2D eigenvalue weighted by Gasteiger charge is 2.19. The van der Waals surface area contributed by atoms with Crippen LogP contribution >= 0.6 is 0 Å². The number of hydrogen-bond acceptors (Lipinski definition) is 4. The first-order chi connectivity index (χ1) is 7.60. The highest BCUT2D eigenvalue weighted by atomic mass is 16.3. The van der Waals surface area contributed by atoms with E-state index >= 15 is 0 Å². The Labute approximate surface area is 94.4 Å². The second kappa shape index (κ2) is 5.61. The number of aliphatic hydroxyl groups is 3. The maximum atomic E-state index is 9.82. The smallest absolute Gasteiger partial charge is 0.105 e. The Bertz CT molecular complexity index is 398. The van der Waals surface area contributed by atoms with E-state index in [1.165, 1.54) is 0 Å². The van der Waals surface area contributed by atoms with Gasteiger partial charge in [0.2, 0.25) is 0 Å². The van der Waals surface area contributed by atoms with Gasteiger partial charge in [0.05, 0.1) is 17.7 Å². The normalized spacial score (nSPS) is 14.2. The highest BCUT2D eigenvalue weighted by Crippen LogP contribution is 2.23. The molecule has 0 saturated heterocycles. The fourth-order valence-corrected chi connectivity index (χ4v) is 1.57. The molecule has 16 heavy (non-hydrogen) atoms. The van der Waals surface area contributed by atoms with Gasteiger partial charge in [0.15, 0.2) is 0 Å². The Kier molecular flexibility index (Phi) is 4.44. The van der Waals surface area contributed by atoms with Gasteiger partial charge >= 0.3 is 0 Å². The van der Waals surface area contributed by atoms with Crippen LogP contribution in [0.3, 0.4) is 0 Å². The lowest BCUT2D eigenvalue weighted by Crippen LogP contribution is -2.20. The van der Waals surface area contributed by atoms with E-state index in [1.54, 1.807) is 25.1 Å². The van der Waals surface area contributed by atoms with Crippen molar-refractivity contribution >= 4 is 0 Å². The van der Waals surface area contributed by atoms with Gasteiger partial charge < -0.3 is 15.3 Å². The SMILES string of the molecule is Cc1cc(C#N)ccc1C(O)C(O)CCO. The minimum Gasteiger partial charge on any atom is -0.396 e. The predicted molar refractivity (Wildman–Crippen MR) is 58.6 cm³/mol. The second-order valence-corrected chi connectivity index (χ2v) is 3.71. The molecule has 0 amide bonds. The van der Waals surface area contributed by atoms with Crippen molar-refractivity contribution in [2.45, 2.75) is 25.6 Å². The molecule has 3 N–H and O–H groups in total. The number of benzene rings is 1. The van der Waals surface area contributed by atoms with Crippen LogP contribution in [0.1, 0.15) is 29.2 Å². The summed E-state index contributed by atoms with van der Waals surface area (Å²) in [5.41, 5.74) is 1.86. The molecule has 0 spiro atoms. The highest BCUT2D eigenvalue weighted by molar-refractivity contribution is 5.38. The van der Waals surface area contributed by atoms with Gasteiger partial charge in [-0.05, 0) is 36.6 Å². The van der Waals surface area contributed by atoms with Crippen LogP contribution in [-0.4, -0.2) is 28.0 Å². The number of hydrogen-bond donors (Lipinski definition) is 3. The lowest BCUT2D eigenvalue weighted by atomic mass is 9.96. The number of aliphatic hydroxyl groups excluding tert-OH is 3. The summed E-state index contributed by atoms with van der Waals surface area (Å²) in [5.74, 6) is 0. The summed E-state index contributed by atoms with van der Waals surface area (Å²) in [6.45, 7) is 1.60. The van der Waals surface area contributed by atoms with E-state index in [0.29, 0.717) is 11.1 Å². The zero-order chi connectivity index (χ0) is 12.1. The summed E-state index contributed by atoms with van der Waals surface area (Å²) in [7, 11) is 0. The molecule has 0 saturated carbocycles. The molecule has 0 aromatic heterocycles. The van der Waals surface area contributed by atoms with E-state index in [-0.39, 0.29) is 13.0 Å². The molecule has 1 rings (SSSR count). The lowest BCUT2D eigenvalue weighted by molar-refractivity contribution is 0.00388. The molecule has 0 heterocycles. The average molecular weight is 221 g/mol. The number of rotatable bonds is 4. The average Bonchev–Trinajstić information content (AvgIpc) is 2.28. The van der Waals surface area contributed by atoms with Crippen LogP contribution in [0.15, 0.2) is 18.2 Å². The Balaban J connectivity index is 2.92. The minimum absolute atomic E-state index is 0.126. The summed E-state index contributed by atoms with van der Waals surface area (Å²) in [5, 5.41) is 36.7. The molecule has 0 fully saturated rings. The predicted octanol–water partition coefficient (Wildman–Crippen LogP) is 0.643. The zero-order valence-electron chi connectivity index (χ0n) is 9.09. The van der Waals surface area contributed by atoms with Crippen molar-refractivity contribution in [3.8, 4) is 6.07 Å². The van der Waals surface area contributed by atoms with Gasteiger partial charge in [0.25, 0.3) is 0 Å². The molecule has 0 aliphatic rings. The van der Waals surface area contributed by atoms with Gasteiger partial charge in [-0.25, -0.2) is 0 Å². The maximum absolute atomic E-state index is 9.82. The van der Waals surface area contributed by atoms with Crippen LogP contribution in [-0.2, 0) is 0 Å². The molecule has 0 radical (unpaired) electrons. The van der Waals surface area contributed by atoms with Crippen molar-refractivity contribution in [2.24, 2.45) is 0 Å². The van der Waals surface area contributed by atoms with Gasteiger partial charge in [-0.1, -0.05) is 6.07 Å². The van der Waals surface area contributed by atoms with E-state index in [2.05, 4.69) is 0 Å². The molecule has 0 bridgehead atoms. The maximum Gasteiger partial charge on any atom is 0.105 e. The molecular formula is C12H15NO3. The second-order valence-electron chi connectivity index (χ2n) is 3.71. The Hall–Kier alpha value is -1.41. The Morgan fingerprint density at radius 2 is 2.06 bits per heavy atom. The minimum atomic E-state index is -1.03. The van der Waals surface area contributed by atoms with Gasteiger partial charge in [-0.15, -0.1) is 0 Å². The third kappa shape index (κ3) is 2.80. The van der Waals surface area contributed by atoms with Gasteiger partial charge in [-0.2, -0.15) is 5.26 Å². The first kappa shape index (κ1) is 12.7. The molecular weight excluding hydrogens is 206 g/mol. The summed E-state index contributed by atoms with van der Waals surface area (Å²) in [6, 6.07) is 6.88. The first-order valence-electron chi connectivity index (χ1n) is 5.07.